The van der Waals surface area contributed by atoms with Crippen LogP contribution in [-0.2, 0) is 4.74 Å². The Balaban J connectivity index is 2.05. The summed E-state index contributed by atoms with van der Waals surface area (Å²) in [4.78, 5) is 0. The van der Waals surface area contributed by atoms with E-state index in [-0.39, 0.29) is 6.10 Å². The van der Waals surface area contributed by atoms with Crippen LogP contribution in [0.3, 0.4) is 0 Å². The second-order valence-electron chi connectivity index (χ2n) is 3.53. The molecule has 1 unspecified atom stereocenters. The summed E-state index contributed by atoms with van der Waals surface area (Å²) in [6.07, 6.45) is 2.21. The van der Waals surface area contributed by atoms with Crippen LogP contribution in [0.15, 0.2) is 22.7 Å². The van der Waals surface area contributed by atoms with Crippen molar-refractivity contribution in [2.45, 2.75) is 18.9 Å². The van der Waals surface area contributed by atoms with E-state index in [4.69, 9.17) is 21.1 Å². The van der Waals surface area contributed by atoms with Crippen LogP contribution in [0, 0.1) is 0 Å². The zero-order valence-electron chi connectivity index (χ0n) is 8.21. The van der Waals surface area contributed by atoms with Gasteiger partial charge in [-0.15, -0.1) is 0 Å². The molecule has 0 N–H and O–H groups in total. The van der Waals surface area contributed by atoms with Crippen LogP contribution in [0.2, 0.25) is 5.02 Å². The largest absolute Gasteiger partial charge is 0.486 e. The fourth-order valence-corrected chi connectivity index (χ4v) is 2.05. The number of hydrogen-bond donors (Lipinski definition) is 0. The Morgan fingerprint density at radius 1 is 1.47 bits per heavy atom. The quantitative estimate of drug-likeness (QED) is 0.828. The first-order valence-corrected chi connectivity index (χ1v) is 6.12. The minimum Gasteiger partial charge on any atom is -0.486 e. The first kappa shape index (κ1) is 11.2. The summed E-state index contributed by atoms with van der Waals surface area (Å²) in [5.74, 6) is 0.724. The zero-order valence-corrected chi connectivity index (χ0v) is 10.6. The highest BCUT2D eigenvalue weighted by Crippen LogP contribution is 2.29. The number of rotatable bonds is 2. The minimum atomic E-state index is 0.130. The summed E-state index contributed by atoms with van der Waals surface area (Å²) < 4.78 is 12.1. The molecule has 1 fully saturated rings. The molecule has 0 spiro atoms. The van der Waals surface area contributed by atoms with Gasteiger partial charge in [0.15, 0.2) is 0 Å². The Morgan fingerprint density at radius 2 is 2.33 bits per heavy atom. The maximum absolute atomic E-state index is 6.03. The molecule has 1 heterocycles. The van der Waals surface area contributed by atoms with E-state index in [0.717, 1.165) is 29.7 Å². The molecule has 2 rings (SSSR count). The lowest BCUT2D eigenvalue weighted by Crippen LogP contribution is -2.28. The smallest absolute Gasteiger partial charge is 0.139 e. The van der Waals surface area contributed by atoms with Crippen molar-refractivity contribution >= 4 is 27.5 Å². The summed E-state index contributed by atoms with van der Waals surface area (Å²) in [5.41, 5.74) is 0. The Bertz CT molecular complexity index is 337. The van der Waals surface area contributed by atoms with E-state index in [2.05, 4.69) is 15.9 Å². The Kier molecular flexibility index (Phi) is 3.89. The van der Waals surface area contributed by atoms with Crippen molar-refractivity contribution in [1.82, 2.24) is 0 Å². The summed E-state index contributed by atoms with van der Waals surface area (Å²) >= 11 is 9.42. The molecule has 0 saturated carbocycles. The highest BCUT2D eigenvalue weighted by atomic mass is 79.9. The zero-order chi connectivity index (χ0) is 10.7. The van der Waals surface area contributed by atoms with Crippen LogP contribution >= 0.6 is 27.5 Å². The van der Waals surface area contributed by atoms with E-state index in [1.54, 1.807) is 0 Å². The third-order valence-corrected chi connectivity index (χ3v) is 3.11. The molecule has 0 radical (unpaired) electrons. The molecule has 1 atom stereocenters. The van der Waals surface area contributed by atoms with E-state index in [0.29, 0.717) is 11.6 Å². The van der Waals surface area contributed by atoms with Gasteiger partial charge in [0.2, 0.25) is 0 Å². The fraction of sp³-hybridized carbons (Fsp3) is 0.455. The SMILES string of the molecule is Clc1ccc(Br)cc1OC1CCCOC1. The van der Waals surface area contributed by atoms with Gasteiger partial charge < -0.3 is 9.47 Å². The molecule has 2 nitrogen and oxygen atoms in total. The van der Waals surface area contributed by atoms with Crippen molar-refractivity contribution < 1.29 is 9.47 Å². The minimum absolute atomic E-state index is 0.130. The van der Waals surface area contributed by atoms with Crippen molar-refractivity contribution in [3.8, 4) is 5.75 Å². The van der Waals surface area contributed by atoms with Gasteiger partial charge in [0.25, 0.3) is 0 Å². The van der Waals surface area contributed by atoms with Gasteiger partial charge in [-0.25, -0.2) is 0 Å². The lowest BCUT2D eigenvalue weighted by Gasteiger charge is -2.23. The molecule has 0 aliphatic carbocycles. The summed E-state index contributed by atoms with van der Waals surface area (Å²) in [5, 5.41) is 0.642. The van der Waals surface area contributed by atoms with Crippen LogP contribution in [0.4, 0.5) is 0 Å². The number of hydrogen-bond acceptors (Lipinski definition) is 2. The Labute approximate surface area is 103 Å². The summed E-state index contributed by atoms with van der Waals surface area (Å²) in [7, 11) is 0. The van der Waals surface area contributed by atoms with Crippen molar-refractivity contribution in [3.63, 3.8) is 0 Å². The average Bonchev–Trinajstić information content (AvgIpc) is 2.25. The van der Waals surface area contributed by atoms with Crippen molar-refractivity contribution in [2.75, 3.05) is 13.2 Å². The van der Waals surface area contributed by atoms with E-state index in [1.807, 2.05) is 18.2 Å². The predicted octanol–water partition coefficient (Wildman–Crippen LogP) is 3.66. The van der Waals surface area contributed by atoms with E-state index in [1.165, 1.54) is 0 Å². The molecule has 1 aromatic rings. The number of ether oxygens (including phenoxy) is 2. The second kappa shape index (κ2) is 5.19. The van der Waals surface area contributed by atoms with E-state index in [9.17, 15) is 0 Å². The number of halogens is 2. The molecule has 1 saturated heterocycles. The molecular weight excluding hydrogens is 279 g/mol. The Hall–Kier alpha value is -0.250. The highest BCUT2D eigenvalue weighted by Gasteiger charge is 2.16. The molecule has 4 heteroatoms. The third kappa shape index (κ3) is 3.10. The first-order valence-electron chi connectivity index (χ1n) is 4.95. The van der Waals surface area contributed by atoms with E-state index >= 15 is 0 Å². The van der Waals surface area contributed by atoms with Gasteiger partial charge in [0.05, 0.1) is 11.6 Å². The van der Waals surface area contributed by atoms with Crippen LogP contribution in [0.25, 0.3) is 0 Å². The van der Waals surface area contributed by atoms with Crippen molar-refractivity contribution in [3.05, 3.63) is 27.7 Å². The molecule has 15 heavy (non-hydrogen) atoms. The molecule has 1 aromatic carbocycles. The van der Waals surface area contributed by atoms with Gasteiger partial charge in [-0.3, -0.25) is 0 Å². The highest BCUT2D eigenvalue weighted by molar-refractivity contribution is 9.10. The van der Waals surface area contributed by atoms with Crippen LogP contribution in [-0.4, -0.2) is 19.3 Å². The predicted molar refractivity (Wildman–Crippen MR) is 63.6 cm³/mol. The maximum atomic E-state index is 6.03. The third-order valence-electron chi connectivity index (χ3n) is 2.31. The molecule has 82 valence electrons. The monoisotopic (exact) mass is 290 g/mol. The first-order chi connectivity index (χ1) is 7.25. The lowest BCUT2D eigenvalue weighted by atomic mass is 10.2. The Morgan fingerprint density at radius 3 is 3.07 bits per heavy atom. The van der Waals surface area contributed by atoms with Gasteiger partial charge in [-0.2, -0.15) is 0 Å². The van der Waals surface area contributed by atoms with Crippen LogP contribution < -0.4 is 4.74 Å². The average molecular weight is 292 g/mol. The number of benzene rings is 1. The van der Waals surface area contributed by atoms with Gasteiger partial charge in [-0.05, 0) is 31.0 Å². The van der Waals surface area contributed by atoms with E-state index < -0.39 is 0 Å². The molecule has 1 aliphatic heterocycles. The summed E-state index contributed by atoms with van der Waals surface area (Å²) in [6.45, 7) is 1.49. The topological polar surface area (TPSA) is 18.5 Å². The second-order valence-corrected chi connectivity index (χ2v) is 4.85. The van der Waals surface area contributed by atoms with Gasteiger partial charge in [0.1, 0.15) is 11.9 Å². The van der Waals surface area contributed by atoms with Crippen LogP contribution in [0.5, 0.6) is 5.75 Å². The molecule has 0 aromatic heterocycles. The van der Waals surface area contributed by atoms with Gasteiger partial charge in [0, 0.05) is 11.1 Å². The van der Waals surface area contributed by atoms with Crippen LogP contribution in [0.1, 0.15) is 12.8 Å². The molecular formula is C11H12BrClO2. The van der Waals surface area contributed by atoms with Crippen molar-refractivity contribution in [1.29, 1.82) is 0 Å². The van der Waals surface area contributed by atoms with Crippen molar-refractivity contribution in [2.24, 2.45) is 0 Å². The molecule has 1 aliphatic rings. The maximum Gasteiger partial charge on any atom is 0.139 e. The fourth-order valence-electron chi connectivity index (χ4n) is 1.55. The molecule has 0 bridgehead atoms. The lowest BCUT2D eigenvalue weighted by molar-refractivity contribution is 0.00745. The van der Waals surface area contributed by atoms with Gasteiger partial charge in [-0.1, -0.05) is 27.5 Å². The normalized spacial score (nSPS) is 21.3. The summed E-state index contributed by atoms with van der Waals surface area (Å²) in [6, 6.07) is 5.61. The molecule has 0 amide bonds. The standard InChI is InChI=1S/C11H12BrClO2/c12-8-3-4-10(13)11(6-8)15-9-2-1-5-14-7-9/h3-4,6,9H,1-2,5,7H2. The van der Waals surface area contributed by atoms with Gasteiger partial charge >= 0.3 is 0 Å².